The van der Waals surface area contributed by atoms with Crippen molar-refractivity contribution >= 4 is 33.8 Å². The van der Waals surface area contributed by atoms with Crippen LogP contribution in [-0.2, 0) is 12.8 Å². The molecule has 0 saturated carbocycles. The second-order valence-corrected chi connectivity index (χ2v) is 7.64. The minimum Gasteiger partial charge on any atom is -0.353 e. The zero-order valence-electron chi connectivity index (χ0n) is 12.3. The fourth-order valence-electron chi connectivity index (χ4n) is 3.33. The third-order valence-corrected chi connectivity index (χ3v) is 6.04. The molecule has 0 bridgehead atoms. The van der Waals surface area contributed by atoms with Gasteiger partial charge in [-0.3, -0.25) is 4.79 Å². The quantitative estimate of drug-likeness (QED) is 0.813. The molecule has 22 heavy (non-hydrogen) atoms. The molecule has 114 valence electrons. The molecule has 5 heteroatoms. The molecule has 0 saturated heterocycles. The average Bonchev–Trinajstić information content (AvgIpc) is 2.85. The fourth-order valence-corrected chi connectivity index (χ4v) is 5.01. The van der Waals surface area contributed by atoms with Gasteiger partial charge in [-0.2, -0.15) is 0 Å². The van der Waals surface area contributed by atoms with Gasteiger partial charge >= 0.3 is 0 Å². The molecule has 3 nitrogen and oxygen atoms in total. The first-order valence-electron chi connectivity index (χ1n) is 7.60. The van der Waals surface area contributed by atoms with E-state index in [1.165, 1.54) is 10.4 Å². The molecule has 2 aliphatic rings. The van der Waals surface area contributed by atoms with E-state index in [-0.39, 0.29) is 12.1 Å². The summed E-state index contributed by atoms with van der Waals surface area (Å²) in [5.74, 6) is 0.723. The molecule has 1 aromatic heterocycles. The van der Waals surface area contributed by atoms with Crippen molar-refractivity contribution in [3.63, 3.8) is 0 Å². The van der Waals surface area contributed by atoms with Crippen LogP contribution in [0.1, 0.15) is 45.9 Å². The van der Waals surface area contributed by atoms with Crippen molar-refractivity contribution in [2.45, 2.75) is 32.4 Å². The van der Waals surface area contributed by atoms with Crippen molar-refractivity contribution in [2.75, 3.05) is 5.32 Å². The Kier molecular flexibility index (Phi) is 3.39. The maximum Gasteiger partial charge on any atom is 0.256 e. The molecule has 0 spiro atoms. The van der Waals surface area contributed by atoms with E-state index in [1.54, 1.807) is 11.3 Å². The van der Waals surface area contributed by atoms with Gasteiger partial charge in [0.05, 0.1) is 5.56 Å². The van der Waals surface area contributed by atoms with E-state index in [0.29, 0.717) is 10.9 Å². The van der Waals surface area contributed by atoms with Crippen LogP contribution in [0.25, 0.3) is 0 Å². The summed E-state index contributed by atoms with van der Waals surface area (Å²) >= 11 is 8.00. The number of rotatable bonds is 1. The lowest BCUT2D eigenvalue weighted by molar-refractivity contribution is 0.0935. The summed E-state index contributed by atoms with van der Waals surface area (Å²) in [6.45, 7) is 2.28. The van der Waals surface area contributed by atoms with Crippen molar-refractivity contribution in [3.8, 4) is 0 Å². The molecular weight excluding hydrogens is 316 g/mol. The number of thiophene rings is 1. The summed E-state index contributed by atoms with van der Waals surface area (Å²) in [6, 6.07) is 7.63. The smallest absolute Gasteiger partial charge is 0.256 e. The number of hydrogen-bond acceptors (Lipinski definition) is 3. The van der Waals surface area contributed by atoms with Crippen LogP contribution in [0.15, 0.2) is 24.3 Å². The third-order valence-electron chi connectivity index (χ3n) is 4.51. The Morgan fingerprint density at radius 1 is 1.27 bits per heavy atom. The van der Waals surface area contributed by atoms with Gasteiger partial charge in [0.15, 0.2) is 0 Å². The van der Waals surface area contributed by atoms with Crippen LogP contribution >= 0.6 is 22.9 Å². The van der Waals surface area contributed by atoms with E-state index in [1.807, 2.05) is 24.3 Å². The zero-order chi connectivity index (χ0) is 15.3. The minimum atomic E-state index is -0.258. The molecule has 0 unspecified atom stereocenters. The predicted molar refractivity (Wildman–Crippen MR) is 90.8 cm³/mol. The summed E-state index contributed by atoms with van der Waals surface area (Å²) in [5, 5.41) is 8.17. The van der Waals surface area contributed by atoms with Gasteiger partial charge in [-0.15, -0.1) is 11.3 Å². The summed E-state index contributed by atoms with van der Waals surface area (Å²) in [6.07, 6.45) is 3.00. The number of carbonyl (C=O) groups is 1. The van der Waals surface area contributed by atoms with Gasteiger partial charge in [0.25, 0.3) is 5.91 Å². The predicted octanol–water partition coefficient (Wildman–Crippen LogP) is 4.38. The van der Waals surface area contributed by atoms with Crippen LogP contribution in [0.3, 0.4) is 0 Å². The maximum absolute atomic E-state index is 12.6. The molecule has 4 rings (SSSR count). The van der Waals surface area contributed by atoms with Gasteiger partial charge < -0.3 is 10.6 Å². The molecule has 0 fully saturated rings. The highest BCUT2D eigenvalue weighted by molar-refractivity contribution is 7.16. The van der Waals surface area contributed by atoms with Crippen molar-refractivity contribution in [1.29, 1.82) is 0 Å². The van der Waals surface area contributed by atoms with E-state index < -0.39 is 0 Å². The highest BCUT2D eigenvalue weighted by Gasteiger charge is 2.33. The minimum absolute atomic E-state index is 0.0192. The number of nitrogens with one attached hydrogen (secondary N) is 2. The SMILES string of the molecule is C[C@@H]1CCc2c(sc3c2C(=O)N[C@H](c2ccccc2Cl)N3)C1. The first kappa shape index (κ1) is 14.1. The average molecular weight is 333 g/mol. The Bertz CT molecular complexity index is 755. The fraction of sp³-hybridized carbons (Fsp3) is 0.353. The van der Waals surface area contributed by atoms with Gasteiger partial charge in [-0.1, -0.05) is 36.7 Å². The lowest BCUT2D eigenvalue weighted by atomic mass is 9.88. The van der Waals surface area contributed by atoms with Crippen LogP contribution in [0, 0.1) is 5.92 Å². The van der Waals surface area contributed by atoms with Gasteiger partial charge in [0.1, 0.15) is 11.2 Å². The number of hydrogen-bond donors (Lipinski definition) is 2. The van der Waals surface area contributed by atoms with E-state index in [4.69, 9.17) is 11.6 Å². The summed E-state index contributed by atoms with van der Waals surface area (Å²) in [7, 11) is 0. The summed E-state index contributed by atoms with van der Waals surface area (Å²) < 4.78 is 0. The van der Waals surface area contributed by atoms with E-state index in [0.717, 1.165) is 35.4 Å². The van der Waals surface area contributed by atoms with E-state index >= 15 is 0 Å². The number of amides is 1. The lowest BCUT2D eigenvalue weighted by Gasteiger charge is -2.27. The van der Waals surface area contributed by atoms with Crippen LogP contribution in [-0.4, -0.2) is 5.91 Å². The number of anilines is 1. The highest BCUT2D eigenvalue weighted by atomic mass is 35.5. The monoisotopic (exact) mass is 332 g/mol. The number of fused-ring (bicyclic) bond motifs is 3. The molecule has 2 heterocycles. The molecule has 2 atom stereocenters. The van der Waals surface area contributed by atoms with E-state index in [9.17, 15) is 4.79 Å². The van der Waals surface area contributed by atoms with Crippen LogP contribution in [0.2, 0.25) is 5.02 Å². The number of halogens is 1. The Balaban J connectivity index is 1.73. The normalized spacial score (nSPS) is 23.3. The largest absolute Gasteiger partial charge is 0.353 e. The molecule has 1 amide bonds. The van der Waals surface area contributed by atoms with Crippen LogP contribution < -0.4 is 10.6 Å². The van der Waals surface area contributed by atoms with Crippen molar-refractivity contribution in [3.05, 3.63) is 50.9 Å². The number of carbonyl (C=O) groups excluding carboxylic acids is 1. The summed E-state index contributed by atoms with van der Waals surface area (Å²) in [4.78, 5) is 14.0. The molecule has 0 radical (unpaired) electrons. The van der Waals surface area contributed by atoms with Gasteiger partial charge in [0.2, 0.25) is 0 Å². The van der Waals surface area contributed by atoms with Crippen LogP contribution in [0.5, 0.6) is 0 Å². The topological polar surface area (TPSA) is 41.1 Å². The van der Waals surface area contributed by atoms with Crippen molar-refractivity contribution < 1.29 is 4.79 Å². The standard InChI is InChI=1S/C17H17ClN2OS/c1-9-6-7-11-13(8-9)22-17-14(11)16(21)19-15(20-17)10-4-2-3-5-12(10)18/h2-5,9,15,20H,6-8H2,1H3,(H,19,21)/t9-,15+/m1/s1. The summed E-state index contributed by atoms with van der Waals surface area (Å²) in [5.41, 5.74) is 3.01. The van der Waals surface area contributed by atoms with E-state index in [2.05, 4.69) is 17.6 Å². The number of benzene rings is 1. The Morgan fingerprint density at radius 3 is 2.91 bits per heavy atom. The van der Waals surface area contributed by atoms with Crippen LogP contribution in [0.4, 0.5) is 5.00 Å². The first-order chi connectivity index (χ1) is 10.6. The second-order valence-electron chi connectivity index (χ2n) is 6.13. The van der Waals surface area contributed by atoms with Crippen molar-refractivity contribution in [1.82, 2.24) is 5.32 Å². The van der Waals surface area contributed by atoms with Gasteiger partial charge in [-0.25, -0.2) is 0 Å². The zero-order valence-corrected chi connectivity index (χ0v) is 13.9. The highest BCUT2D eigenvalue weighted by Crippen LogP contribution is 2.43. The molecular formula is C17H17ClN2OS. The Labute approximate surface area is 138 Å². The third kappa shape index (κ3) is 2.22. The molecule has 1 aromatic carbocycles. The molecule has 2 N–H and O–H groups in total. The second kappa shape index (κ2) is 5.28. The van der Waals surface area contributed by atoms with Gasteiger partial charge in [-0.05, 0) is 36.8 Å². The molecule has 1 aliphatic carbocycles. The maximum atomic E-state index is 12.6. The van der Waals surface area contributed by atoms with Crippen molar-refractivity contribution in [2.24, 2.45) is 5.92 Å². The van der Waals surface area contributed by atoms with Gasteiger partial charge in [0, 0.05) is 15.5 Å². The lowest BCUT2D eigenvalue weighted by Crippen LogP contribution is -2.38. The molecule has 1 aliphatic heterocycles. The Hall–Kier alpha value is -1.52. The first-order valence-corrected chi connectivity index (χ1v) is 8.79. The Morgan fingerprint density at radius 2 is 2.09 bits per heavy atom. The molecule has 2 aromatic rings.